The molecule has 6 rings (SSSR count). The Kier molecular flexibility index (Phi) is 10.2. The predicted octanol–water partition coefficient (Wildman–Crippen LogP) is 6.48. The third-order valence-electron chi connectivity index (χ3n) is 8.19. The average Bonchev–Trinajstić information content (AvgIpc) is 3.70. The number of likely N-dealkylation sites (N-methyl/N-ethyl adjacent to an activating group) is 1. The molecule has 4 aliphatic rings. The van der Waals surface area contributed by atoms with E-state index in [1.165, 1.54) is 16.0 Å². The molecule has 1 fully saturated rings. The quantitative estimate of drug-likeness (QED) is 0.240. The minimum absolute atomic E-state index is 0.0303. The zero-order chi connectivity index (χ0) is 32.3. The van der Waals surface area contributed by atoms with Crippen molar-refractivity contribution in [2.45, 2.75) is 69.8 Å². The number of hydrogen-bond donors (Lipinski definition) is 0. The molecule has 1 saturated carbocycles. The van der Waals surface area contributed by atoms with Gasteiger partial charge in [-0.05, 0) is 98.0 Å². The van der Waals surface area contributed by atoms with Crippen LogP contribution in [0, 0.1) is 0 Å². The van der Waals surface area contributed by atoms with E-state index in [1.807, 2.05) is 63.8 Å². The van der Waals surface area contributed by atoms with E-state index in [-0.39, 0.29) is 12.5 Å². The van der Waals surface area contributed by atoms with E-state index in [9.17, 15) is 9.59 Å². The standard InChI is InChI=1S/C33H41N3O6S.C2H6/c1-33(2,3)42-32(38)34(4)20-27(22-8-10-28(39-5)26(14-22)21-6-7-21)31(37)35-16-23-18-36(19-24(23)17-35)43-25-9-11-29-30(15-25)41-13-12-40-29;1-2/h8-11,14-15,21,27H,6-7,12-13,16-20H2,1-5H3;1-2H3. The number of benzene rings is 2. The first-order valence-corrected chi connectivity index (χ1v) is 16.8. The van der Waals surface area contributed by atoms with Crippen LogP contribution in [0.1, 0.15) is 70.4 Å². The van der Waals surface area contributed by atoms with Crippen molar-refractivity contribution in [1.29, 1.82) is 0 Å². The molecule has 2 aromatic rings. The third-order valence-corrected chi connectivity index (χ3v) is 9.17. The van der Waals surface area contributed by atoms with Crippen LogP contribution in [0.15, 0.2) is 52.4 Å². The summed E-state index contributed by atoms with van der Waals surface area (Å²) in [6.07, 6.45) is 1.81. The zero-order valence-corrected chi connectivity index (χ0v) is 28.5. The first kappa shape index (κ1) is 33.0. The van der Waals surface area contributed by atoms with E-state index in [0.717, 1.165) is 59.2 Å². The number of ether oxygens (including phenoxy) is 4. The Hall–Kier alpha value is -3.37. The summed E-state index contributed by atoms with van der Waals surface area (Å²) >= 11 is 1.71. The lowest BCUT2D eigenvalue weighted by Crippen LogP contribution is -2.42. The Morgan fingerprint density at radius 3 is 2.27 bits per heavy atom. The number of amides is 2. The van der Waals surface area contributed by atoms with Gasteiger partial charge in [0, 0.05) is 44.7 Å². The lowest BCUT2D eigenvalue weighted by molar-refractivity contribution is -0.132. The summed E-state index contributed by atoms with van der Waals surface area (Å²) in [5, 5.41) is 0. The fraction of sp³-hybridized carbons (Fsp3) is 0.543. The Labute approximate surface area is 271 Å². The Bertz CT molecular complexity index is 1410. The molecule has 1 atom stereocenters. The largest absolute Gasteiger partial charge is 0.496 e. The van der Waals surface area contributed by atoms with Crippen molar-refractivity contribution in [1.82, 2.24) is 14.1 Å². The SMILES string of the molecule is CC.COc1ccc(C(CN(C)C(=O)OC(C)(C)C)C(=O)N2CC3=C(CN(Sc4ccc5c(c4)OCCO5)C3)C2)cc1C1CC1. The van der Waals surface area contributed by atoms with Crippen LogP contribution in [-0.4, -0.2) is 91.8 Å². The van der Waals surface area contributed by atoms with Gasteiger partial charge in [-0.2, -0.15) is 0 Å². The van der Waals surface area contributed by atoms with E-state index >= 15 is 0 Å². The number of rotatable bonds is 8. The van der Waals surface area contributed by atoms with Crippen LogP contribution in [0.4, 0.5) is 4.79 Å². The lowest BCUT2D eigenvalue weighted by atomic mass is 9.93. The van der Waals surface area contributed by atoms with Gasteiger partial charge in [-0.15, -0.1) is 0 Å². The van der Waals surface area contributed by atoms with Crippen molar-refractivity contribution in [2.24, 2.45) is 0 Å². The minimum atomic E-state index is -0.617. The highest BCUT2D eigenvalue weighted by Crippen LogP contribution is 2.45. The number of hydrogen-bond acceptors (Lipinski definition) is 8. The van der Waals surface area contributed by atoms with Gasteiger partial charge in [-0.25, -0.2) is 9.10 Å². The highest BCUT2D eigenvalue weighted by atomic mass is 32.2. The van der Waals surface area contributed by atoms with Crippen molar-refractivity contribution in [3.8, 4) is 17.2 Å². The monoisotopic (exact) mass is 637 g/mol. The van der Waals surface area contributed by atoms with Gasteiger partial charge in [-0.3, -0.25) is 4.79 Å². The van der Waals surface area contributed by atoms with Gasteiger partial charge in [0.15, 0.2) is 11.5 Å². The molecule has 244 valence electrons. The van der Waals surface area contributed by atoms with Crippen LogP contribution in [0.3, 0.4) is 0 Å². The zero-order valence-electron chi connectivity index (χ0n) is 27.7. The van der Waals surface area contributed by atoms with Crippen LogP contribution >= 0.6 is 11.9 Å². The molecule has 2 amide bonds. The number of carbonyl (C=O) groups is 2. The second kappa shape index (κ2) is 14.0. The van der Waals surface area contributed by atoms with Crippen molar-refractivity contribution in [3.05, 3.63) is 58.7 Å². The first-order chi connectivity index (χ1) is 21.6. The molecule has 10 heteroatoms. The average molecular weight is 638 g/mol. The van der Waals surface area contributed by atoms with E-state index < -0.39 is 17.6 Å². The van der Waals surface area contributed by atoms with E-state index in [1.54, 1.807) is 26.1 Å². The second-order valence-electron chi connectivity index (χ2n) is 12.8. The summed E-state index contributed by atoms with van der Waals surface area (Å²) in [7, 11) is 3.39. The van der Waals surface area contributed by atoms with E-state index in [2.05, 4.69) is 16.4 Å². The van der Waals surface area contributed by atoms with Crippen LogP contribution in [0.5, 0.6) is 17.2 Å². The lowest BCUT2D eigenvalue weighted by Gasteiger charge is -2.30. The smallest absolute Gasteiger partial charge is 0.410 e. The molecular weight excluding hydrogens is 590 g/mol. The molecule has 0 aromatic heterocycles. The normalized spacial score (nSPS) is 18.2. The maximum absolute atomic E-state index is 14.2. The number of fused-ring (bicyclic) bond motifs is 1. The molecule has 3 heterocycles. The van der Waals surface area contributed by atoms with Crippen molar-refractivity contribution in [3.63, 3.8) is 0 Å². The van der Waals surface area contributed by atoms with Crippen LogP contribution in [0.25, 0.3) is 0 Å². The molecule has 0 saturated heterocycles. The molecule has 3 aliphatic heterocycles. The topological polar surface area (TPSA) is 80.8 Å². The third kappa shape index (κ3) is 7.90. The van der Waals surface area contributed by atoms with Gasteiger partial charge in [0.25, 0.3) is 0 Å². The summed E-state index contributed by atoms with van der Waals surface area (Å²) in [5.41, 5.74) is 4.03. The summed E-state index contributed by atoms with van der Waals surface area (Å²) in [5.74, 6) is 2.42. The molecule has 0 bridgehead atoms. The van der Waals surface area contributed by atoms with Crippen LogP contribution in [-0.2, 0) is 9.53 Å². The van der Waals surface area contributed by atoms with E-state index in [4.69, 9.17) is 18.9 Å². The number of methoxy groups -OCH3 is 1. The van der Waals surface area contributed by atoms with Gasteiger partial charge in [0.1, 0.15) is 24.6 Å². The maximum atomic E-state index is 14.2. The first-order valence-electron chi connectivity index (χ1n) is 16.0. The van der Waals surface area contributed by atoms with Gasteiger partial charge in [-0.1, -0.05) is 26.0 Å². The Balaban J connectivity index is 0.00000196. The molecule has 1 unspecified atom stereocenters. The van der Waals surface area contributed by atoms with E-state index in [0.29, 0.717) is 32.2 Å². The fourth-order valence-electron chi connectivity index (χ4n) is 5.91. The van der Waals surface area contributed by atoms with Gasteiger partial charge < -0.3 is 28.7 Å². The Morgan fingerprint density at radius 2 is 1.64 bits per heavy atom. The van der Waals surface area contributed by atoms with Crippen molar-refractivity contribution in [2.75, 3.05) is 60.1 Å². The highest BCUT2D eigenvalue weighted by Gasteiger charge is 2.38. The second-order valence-corrected chi connectivity index (χ2v) is 14.0. The molecule has 0 radical (unpaired) electrons. The fourth-order valence-corrected chi connectivity index (χ4v) is 6.94. The Morgan fingerprint density at radius 1 is 0.978 bits per heavy atom. The highest BCUT2D eigenvalue weighted by molar-refractivity contribution is 7.97. The summed E-state index contributed by atoms with van der Waals surface area (Å²) in [6.45, 7) is 13.7. The van der Waals surface area contributed by atoms with Gasteiger partial charge >= 0.3 is 6.09 Å². The summed E-state index contributed by atoms with van der Waals surface area (Å²) in [6, 6.07) is 12.1. The number of nitrogens with zero attached hydrogens (tertiary/aromatic N) is 3. The molecule has 45 heavy (non-hydrogen) atoms. The summed E-state index contributed by atoms with van der Waals surface area (Å²) in [4.78, 5) is 31.7. The van der Waals surface area contributed by atoms with Crippen molar-refractivity contribution < 1.29 is 28.5 Å². The maximum Gasteiger partial charge on any atom is 0.410 e. The minimum Gasteiger partial charge on any atom is -0.496 e. The van der Waals surface area contributed by atoms with Gasteiger partial charge in [0.2, 0.25) is 5.91 Å². The molecule has 0 N–H and O–H groups in total. The molecular formula is C35H47N3O6S. The van der Waals surface area contributed by atoms with Gasteiger partial charge in [0.05, 0.1) is 13.0 Å². The molecule has 0 spiro atoms. The predicted molar refractivity (Wildman–Crippen MR) is 176 cm³/mol. The van der Waals surface area contributed by atoms with Crippen LogP contribution < -0.4 is 14.2 Å². The van der Waals surface area contributed by atoms with Crippen LogP contribution in [0.2, 0.25) is 0 Å². The molecule has 9 nitrogen and oxygen atoms in total. The molecule has 1 aliphatic carbocycles. The molecule has 2 aromatic carbocycles. The van der Waals surface area contributed by atoms with Crippen molar-refractivity contribution >= 4 is 23.9 Å². The summed E-state index contributed by atoms with van der Waals surface area (Å²) < 4.78 is 25.0. The number of carbonyl (C=O) groups excluding carboxylic acids is 2.